The summed E-state index contributed by atoms with van der Waals surface area (Å²) in [4.78, 5) is 6.65. The quantitative estimate of drug-likeness (QED) is 0.817. The van der Waals surface area contributed by atoms with E-state index in [1.165, 1.54) is 0 Å². The number of methoxy groups -OCH3 is 1. The first-order valence-electron chi connectivity index (χ1n) is 6.76. The van der Waals surface area contributed by atoms with Crippen LogP contribution >= 0.6 is 0 Å². The summed E-state index contributed by atoms with van der Waals surface area (Å²) in [6, 6.07) is 6.36. The third kappa shape index (κ3) is 6.66. The molecule has 108 valence electrons. The highest BCUT2D eigenvalue weighted by Gasteiger charge is 2.18. The summed E-state index contributed by atoms with van der Waals surface area (Å²) < 4.78 is 5.33. The zero-order chi connectivity index (χ0) is 14.3. The number of pyridine rings is 1. The fourth-order valence-corrected chi connectivity index (χ4v) is 1.83. The second-order valence-corrected chi connectivity index (χ2v) is 5.98. The van der Waals surface area contributed by atoms with Crippen molar-refractivity contribution in [2.75, 3.05) is 27.3 Å². The molecule has 4 nitrogen and oxygen atoms in total. The van der Waals surface area contributed by atoms with Crippen LogP contribution < -0.4 is 5.32 Å². The minimum Gasteiger partial charge on any atom is -0.383 e. The molecule has 4 heteroatoms. The summed E-state index contributed by atoms with van der Waals surface area (Å²) in [6.45, 7) is 8.98. The topological polar surface area (TPSA) is 37.4 Å². The number of nitrogens with zero attached hydrogens (tertiary/aromatic N) is 2. The van der Waals surface area contributed by atoms with Gasteiger partial charge in [0, 0.05) is 38.0 Å². The average Bonchev–Trinajstić information content (AvgIpc) is 2.34. The van der Waals surface area contributed by atoms with Crippen LogP contribution in [0, 0.1) is 0 Å². The van der Waals surface area contributed by atoms with Gasteiger partial charge in [-0.15, -0.1) is 0 Å². The lowest BCUT2D eigenvalue weighted by Gasteiger charge is -2.31. The molecular formula is C15H27N3O. The lowest BCUT2D eigenvalue weighted by molar-refractivity contribution is 0.0966. The largest absolute Gasteiger partial charge is 0.383 e. The van der Waals surface area contributed by atoms with Crippen molar-refractivity contribution < 1.29 is 4.74 Å². The Bertz CT molecular complexity index is 348. The Morgan fingerprint density at radius 1 is 1.37 bits per heavy atom. The summed E-state index contributed by atoms with van der Waals surface area (Å²) in [5, 5.41) is 3.53. The number of hydrogen-bond donors (Lipinski definition) is 1. The molecule has 1 unspecified atom stereocenters. The van der Waals surface area contributed by atoms with E-state index in [4.69, 9.17) is 4.74 Å². The molecule has 1 atom stereocenters. The van der Waals surface area contributed by atoms with Gasteiger partial charge < -0.3 is 10.1 Å². The van der Waals surface area contributed by atoms with Crippen molar-refractivity contribution in [3.8, 4) is 0 Å². The Morgan fingerprint density at radius 3 is 2.63 bits per heavy atom. The Labute approximate surface area is 117 Å². The first-order chi connectivity index (χ1) is 8.92. The molecule has 1 aromatic heterocycles. The van der Waals surface area contributed by atoms with Crippen LogP contribution in [0.3, 0.4) is 0 Å². The summed E-state index contributed by atoms with van der Waals surface area (Å²) >= 11 is 0. The molecule has 0 saturated heterocycles. The zero-order valence-electron chi connectivity index (χ0n) is 12.8. The van der Waals surface area contributed by atoms with Gasteiger partial charge in [0.1, 0.15) is 0 Å². The van der Waals surface area contributed by atoms with Crippen LogP contribution in [0.1, 0.15) is 26.5 Å². The molecule has 0 aliphatic rings. The van der Waals surface area contributed by atoms with Crippen LogP contribution in [-0.4, -0.2) is 48.8 Å². The van der Waals surface area contributed by atoms with Crippen LogP contribution in [0.2, 0.25) is 0 Å². The second kappa shape index (κ2) is 7.58. The predicted molar refractivity (Wildman–Crippen MR) is 79.1 cm³/mol. The number of rotatable bonds is 7. The highest BCUT2D eigenvalue weighted by atomic mass is 16.5. The van der Waals surface area contributed by atoms with Crippen molar-refractivity contribution in [1.82, 2.24) is 15.2 Å². The van der Waals surface area contributed by atoms with Gasteiger partial charge >= 0.3 is 0 Å². The van der Waals surface area contributed by atoms with Crippen molar-refractivity contribution in [3.05, 3.63) is 30.1 Å². The van der Waals surface area contributed by atoms with E-state index in [9.17, 15) is 0 Å². The zero-order valence-corrected chi connectivity index (χ0v) is 12.8. The molecule has 0 spiro atoms. The average molecular weight is 265 g/mol. The van der Waals surface area contributed by atoms with Crippen LogP contribution in [0.15, 0.2) is 24.4 Å². The highest BCUT2D eigenvalue weighted by molar-refractivity contribution is 5.03. The minimum atomic E-state index is 0.123. The molecule has 1 N–H and O–H groups in total. The Kier molecular flexibility index (Phi) is 6.42. The predicted octanol–water partition coefficient (Wildman–Crippen LogP) is 1.92. The van der Waals surface area contributed by atoms with Crippen LogP contribution in [0.4, 0.5) is 0 Å². The Hall–Kier alpha value is -0.970. The fraction of sp³-hybridized carbons (Fsp3) is 0.667. The molecule has 0 aliphatic heterocycles. The van der Waals surface area contributed by atoms with Gasteiger partial charge in [0.25, 0.3) is 0 Å². The molecule has 19 heavy (non-hydrogen) atoms. The highest BCUT2D eigenvalue weighted by Crippen LogP contribution is 2.06. The van der Waals surface area contributed by atoms with Gasteiger partial charge in [-0.3, -0.25) is 9.88 Å². The van der Waals surface area contributed by atoms with Crippen LogP contribution in [-0.2, 0) is 11.3 Å². The lowest BCUT2D eigenvalue weighted by atomic mass is 10.1. The van der Waals surface area contributed by atoms with E-state index < -0.39 is 0 Å². The van der Waals surface area contributed by atoms with E-state index in [0.717, 1.165) is 18.8 Å². The van der Waals surface area contributed by atoms with Crippen molar-refractivity contribution in [1.29, 1.82) is 0 Å². The summed E-state index contributed by atoms with van der Waals surface area (Å²) in [5.41, 5.74) is 1.21. The minimum absolute atomic E-state index is 0.123. The van der Waals surface area contributed by atoms with Gasteiger partial charge in [-0.2, -0.15) is 0 Å². The van der Waals surface area contributed by atoms with E-state index in [-0.39, 0.29) is 5.54 Å². The van der Waals surface area contributed by atoms with Crippen molar-refractivity contribution in [2.24, 2.45) is 0 Å². The maximum Gasteiger partial charge on any atom is 0.0630 e. The van der Waals surface area contributed by atoms with E-state index in [1.54, 1.807) is 7.11 Å². The van der Waals surface area contributed by atoms with Gasteiger partial charge in [0.15, 0.2) is 0 Å². The van der Waals surface area contributed by atoms with Crippen molar-refractivity contribution in [2.45, 2.75) is 38.9 Å². The maximum absolute atomic E-state index is 5.33. The third-order valence-electron chi connectivity index (χ3n) is 2.99. The van der Waals surface area contributed by atoms with E-state index in [0.29, 0.717) is 12.6 Å². The summed E-state index contributed by atoms with van der Waals surface area (Å²) in [5.74, 6) is 0. The van der Waals surface area contributed by atoms with Gasteiger partial charge in [-0.25, -0.2) is 0 Å². The smallest absolute Gasteiger partial charge is 0.0630 e. The molecule has 0 aromatic carbocycles. The lowest BCUT2D eigenvalue weighted by Crippen LogP contribution is -2.48. The Morgan fingerprint density at radius 2 is 2.11 bits per heavy atom. The number of likely N-dealkylation sites (N-methyl/N-ethyl adjacent to an activating group) is 1. The van der Waals surface area contributed by atoms with E-state index >= 15 is 0 Å². The molecule has 1 heterocycles. The molecule has 1 rings (SSSR count). The molecule has 0 bridgehead atoms. The van der Waals surface area contributed by atoms with Crippen LogP contribution in [0.25, 0.3) is 0 Å². The molecule has 0 aliphatic carbocycles. The molecule has 0 radical (unpaired) electrons. The molecular weight excluding hydrogens is 238 g/mol. The number of ether oxygens (including phenoxy) is 1. The van der Waals surface area contributed by atoms with Crippen molar-refractivity contribution >= 4 is 0 Å². The first-order valence-corrected chi connectivity index (χ1v) is 6.76. The summed E-state index contributed by atoms with van der Waals surface area (Å²) in [7, 11) is 3.86. The van der Waals surface area contributed by atoms with Gasteiger partial charge in [-0.1, -0.05) is 6.07 Å². The van der Waals surface area contributed by atoms with Crippen molar-refractivity contribution in [3.63, 3.8) is 0 Å². The van der Waals surface area contributed by atoms with Gasteiger partial charge in [0.05, 0.1) is 12.3 Å². The maximum atomic E-state index is 5.33. The number of nitrogens with one attached hydrogen (secondary N) is 1. The van der Waals surface area contributed by atoms with Crippen LogP contribution in [0.5, 0.6) is 0 Å². The number of aromatic nitrogens is 1. The number of hydrogen-bond acceptors (Lipinski definition) is 4. The Balaban J connectivity index is 2.54. The monoisotopic (exact) mass is 265 g/mol. The fourth-order valence-electron chi connectivity index (χ4n) is 1.83. The van der Waals surface area contributed by atoms with Gasteiger partial charge in [-0.05, 0) is 40.0 Å². The molecule has 0 saturated carbocycles. The molecule has 1 aromatic rings. The normalized spacial score (nSPS) is 13.8. The molecule has 0 fully saturated rings. The first kappa shape index (κ1) is 16.1. The SMILES string of the molecule is COCC(CNC(C)(C)C)N(C)Cc1ccccn1. The van der Waals surface area contributed by atoms with E-state index in [1.807, 2.05) is 18.3 Å². The van der Waals surface area contributed by atoms with E-state index in [2.05, 4.69) is 49.1 Å². The molecule has 0 amide bonds. The van der Waals surface area contributed by atoms with Gasteiger partial charge in [0.2, 0.25) is 0 Å². The standard InChI is InChI=1S/C15H27N3O/c1-15(2,3)17-10-14(12-19-5)18(4)11-13-8-6-7-9-16-13/h6-9,14,17H,10-12H2,1-5H3. The third-order valence-corrected chi connectivity index (χ3v) is 2.99. The second-order valence-electron chi connectivity index (χ2n) is 5.98. The summed E-state index contributed by atoms with van der Waals surface area (Å²) in [6.07, 6.45) is 1.84.